The first kappa shape index (κ1) is 13.5. The predicted molar refractivity (Wildman–Crippen MR) is 73.3 cm³/mol. The minimum Gasteiger partial charge on any atom is -0.478 e. The van der Waals surface area contributed by atoms with Crippen LogP contribution in [0, 0.1) is 17.1 Å². The second-order valence-electron chi connectivity index (χ2n) is 4.10. The van der Waals surface area contributed by atoms with Crippen molar-refractivity contribution in [2.24, 2.45) is 0 Å². The summed E-state index contributed by atoms with van der Waals surface area (Å²) >= 11 is 0. The van der Waals surface area contributed by atoms with Crippen LogP contribution in [0.5, 0.6) is 0 Å². The summed E-state index contributed by atoms with van der Waals surface area (Å²) in [5.74, 6) is -1.36. The Morgan fingerprint density at radius 1 is 1.05 bits per heavy atom. The molecular weight excluding hydrogens is 257 g/mol. The van der Waals surface area contributed by atoms with E-state index in [9.17, 15) is 9.18 Å². The summed E-state index contributed by atoms with van der Waals surface area (Å²) in [7, 11) is 0. The third-order valence-electron chi connectivity index (χ3n) is 2.74. The average Bonchev–Trinajstić information content (AvgIpc) is 2.47. The molecule has 4 heteroatoms. The SMILES string of the molecule is N#C/C(=C\c1ccc(F)cc1)c1ccc(C(=O)O)cc1. The lowest BCUT2D eigenvalue weighted by Gasteiger charge is -2.01. The van der Waals surface area contributed by atoms with E-state index < -0.39 is 5.97 Å². The van der Waals surface area contributed by atoms with Crippen molar-refractivity contribution in [3.05, 3.63) is 71.0 Å². The van der Waals surface area contributed by atoms with Gasteiger partial charge in [-0.25, -0.2) is 9.18 Å². The van der Waals surface area contributed by atoms with E-state index in [0.29, 0.717) is 16.7 Å². The summed E-state index contributed by atoms with van der Waals surface area (Å²) in [6, 6.07) is 13.8. The van der Waals surface area contributed by atoms with E-state index in [4.69, 9.17) is 10.4 Å². The maximum absolute atomic E-state index is 12.8. The highest BCUT2D eigenvalue weighted by atomic mass is 19.1. The first-order chi connectivity index (χ1) is 9.60. The molecule has 2 aromatic rings. The van der Waals surface area contributed by atoms with Crippen molar-refractivity contribution < 1.29 is 14.3 Å². The number of allylic oxidation sites excluding steroid dienone is 1. The Labute approximate surface area is 115 Å². The summed E-state index contributed by atoms with van der Waals surface area (Å²) in [4.78, 5) is 10.8. The lowest BCUT2D eigenvalue weighted by Crippen LogP contribution is -1.95. The number of hydrogen-bond acceptors (Lipinski definition) is 2. The Bertz CT molecular complexity index is 695. The molecule has 0 saturated heterocycles. The normalized spacial score (nSPS) is 10.9. The van der Waals surface area contributed by atoms with Crippen LogP contribution in [0.3, 0.4) is 0 Å². The second kappa shape index (κ2) is 5.81. The molecule has 0 unspecified atom stereocenters. The Morgan fingerprint density at radius 2 is 1.60 bits per heavy atom. The van der Waals surface area contributed by atoms with Gasteiger partial charge in [-0.05, 0) is 41.5 Å². The Balaban J connectivity index is 2.35. The smallest absolute Gasteiger partial charge is 0.335 e. The van der Waals surface area contributed by atoms with E-state index in [1.165, 1.54) is 24.3 Å². The van der Waals surface area contributed by atoms with Gasteiger partial charge in [0, 0.05) is 0 Å². The maximum Gasteiger partial charge on any atom is 0.335 e. The highest BCUT2D eigenvalue weighted by Crippen LogP contribution is 2.18. The standard InChI is InChI=1S/C16H10FNO2/c17-15-7-1-11(2-8-15)9-14(10-18)12-3-5-13(6-4-12)16(19)20/h1-9H,(H,19,20)/b14-9+. The number of benzene rings is 2. The molecule has 0 amide bonds. The van der Waals surface area contributed by atoms with E-state index in [1.807, 2.05) is 0 Å². The summed E-state index contributed by atoms with van der Waals surface area (Å²) in [6.07, 6.45) is 1.62. The van der Waals surface area contributed by atoms with E-state index in [2.05, 4.69) is 6.07 Å². The number of hydrogen-bond donors (Lipinski definition) is 1. The lowest BCUT2D eigenvalue weighted by atomic mass is 10.0. The van der Waals surface area contributed by atoms with Crippen molar-refractivity contribution in [2.45, 2.75) is 0 Å². The first-order valence-electron chi connectivity index (χ1n) is 5.81. The van der Waals surface area contributed by atoms with Gasteiger partial charge < -0.3 is 5.11 Å². The molecule has 3 nitrogen and oxygen atoms in total. The molecule has 0 bridgehead atoms. The number of carboxylic acid groups (broad SMARTS) is 1. The zero-order valence-electron chi connectivity index (χ0n) is 10.4. The van der Waals surface area contributed by atoms with Gasteiger partial charge in [0.25, 0.3) is 0 Å². The van der Waals surface area contributed by atoms with Gasteiger partial charge in [-0.1, -0.05) is 24.3 Å². The fraction of sp³-hybridized carbons (Fsp3) is 0. The summed E-state index contributed by atoms with van der Waals surface area (Å²) < 4.78 is 12.8. The zero-order valence-corrected chi connectivity index (χ0v) is 10.4. The Hall–Kier alpha value is -2.93. The van der Waals surface area contributed by atoms with Crippen LogP contribution in [0.25, 0.3) is 11.6 Å². The lowest BCUT2D eigenvalue weighted by molar-refractivity contribution is 0.0697. The first-order valence-corrected chi connectivity index (χ1v) is 5.81. The van der Waals surface area contributed by atoms with Crippen molar-refractivity contribution in [2.75, 3.05) is 0 Å². The van der Waals surface area contributed by atoms with Crippen LogP contribution in [0.4, 0.5) is 4.39 Å². The van der Waals surface area contributed by atoms with Crippen LogP contribution < -0.4 is 0 Å². The van der Waals surface area contributed by atoms with Gasteiger partial charge in [-0.3, -0.25) is 0 Å². The number of aromatic carboxylic acids is 1. The van der Waals surface area contributed by atoms with Crippen molar-refractivity contribution >= 4 is 17.6 Å². The molecule has 0 aromatic heterocycles. The molecule has 0 aliphatic rings. The number of nitriles is 1. The van der Waals surface area contributed by atoms with Crippen molar-refractivity contribution in [3.8, 4) is 6.07 Å². The topological polar surface area (TPSA) is 61.1 Å². The van der Waals surface area contributed by atoms with Gasteiger partial charge in [0.15, 0.2) is 0 Å². The summed E-state index contributed by atoms with van der Waals surface area (Å²) in [6.45, 7) is 0. The van der Waals surface area contributed by atoms with Crippen LogP contribution >= 0.6 is 0 Å². The highest BCUT2D eigenvalue weighted by molar-refractivity contribution is 5.92. The van der Waals surface area contributed by atoms with Gasteiger partial charge in [-0.15, -0.1) is 0 Å². The molecule has 0 aliphatic carbocycles. The number of nitrogens with zero attached hydrogens (tertiary/aromatic N) is 1. The molecule has 0 radical (unpaired) electrons. The molecule has 0 atom stereocenters. The van der Waals surface area contributed by atoms with Gasteiger partial charge in [-0.2, -0.15) is 5.26 Å². The van der Waals surface area contributed by atoms with Crippen molar-refractivity contribution in [1.82, 2.24) is 0 Å². The minimum absolute atomic E-state index is 0.160. The summed E-state index contributed by atoms with van der Waals surface area (Å²) in [5.41, 5.74) is 1.86. The molecule has 20 heavy (non-hydrogen) atoms. The van der Waals surface area contributed by atoms with Gasteiger partial charge >= 0.3 is 5.97 Å². The molecule has 98 valence electrons. The molecule has 0 aliphatic heterocycles. The molecular formula is C16H10FNO2. The Kier molecular flexibility index (Phi) is 3.92. The van der Waals surface area contributed by atoms with Crippen LogP contribution in [-0.4, -0.2) is 11.1 Å². The molecule has 0 spiro atoms. The fourth-order valence-electron chi connectivity index (χ4n) is 1.70. The van der Waals surface area contributed by atoms with Gasteiger partial charge in [0.2, 0.25) is 0 Å². The van der Waals surface area contributed by atoms with E-state index in [1.54, 1.807) is 30.3 Å². The average molecular weight is 267 g/mol. The highest BCUT2D eigenvalue weighted by Gasteiger charge is 2.05. The second-order valence-corrected chi connectivity index (χ2v) is 4.10. The zero-order chi connectivity index (χ0) is 14.5. The third kappa shape index (κ3) is 3.09. The molecule has 0 fully saturated rings. The predicted octanol–water partition coefficient (Wildman–Crippen LogP) is 3.59. The molecule has 2 aromatic carbocycles. The summed E-state index contributed by atoms with van der Waals surface area (Å²) in [5, 5.41) is 18.0. The van der Waals surface area contributed by atoms with Crippen LogP contribution in [0.2, 0.25) is 0 Å². The number of halogens is 1. The maximum atomic E-state index is 12.8. The van der Waals surface area contributed by atoms with E-state index >= 15 is 0 Å². The van der Waals surface area contributed by atoms with Crippen LogP contribution in [0.15, 0.2) is 48.5 Å². The van der Waals surface area contributed by atoms with Gasteiger partial charge in [0.1, 0.15) is 5.82 Å². The number of carboxylic acids is 1. The van der Waals surface area contributed by atoms with Crippen LogP contribution in [-0.2, 0) is 0 Å². The fourth-order valence-corrected chi connectivity index (χ4v) is 1.70. The molecule has 0 saturated carbocycles. The third-order valence-corrected chi connectivity index (χ3v) is 2.74. The number of carbonyl (C=O) groups is 1. The quantitative estimate of drug-likeness (QED) is 0.682. The van der Waals surface area contributed by atoms with E-state index in [0.717, 1.165) is 0 Å². The van der Waals surface area contributed by atoms with E-state index in [-0.39, 0.29) is 11.4 Å². The monoisotopic (exact) mass is 267 g/mol. The largest absolute Gasteiger partial charge is 0.478 e. The number of rotatable bonds is 3. The van der Waals surface area contributed by atoms with Crippen LogP contribution in [0.1, 0.15) is 21.5 Å². The van der Waals surface area contributed by atoms with Crippen molar-refractivity contribution in [1.29, 1.82) is 5.26 Å². The van der Waals surface area contributed by atoms with Crippen molar-refractivity contribution in [3.63, 3.8) is 0 Å². The molecule has 1 N–H and O–H groups in total. The minimum atomic E-state index is -1.02. The molecule has 2 rings (SSSR count). The van der Waals surface area contributed by atoms with Gasteiger partial charge in [0.05, 0.1) is 17.2 Å². The molecule has 0 heterocycles. The Morgan fingerprint density at radius 3 is 2.10 bits per heavy atom.